The van der Waals surface area contributed by atoms with E-state index in [1.807, 2.05) is 30.3 Å². The van der Waals surface area contributed by atoms with Crippen molar-refractivity contribution in [2.45, 2.75) is 4.90 Å². The van der Waals surface area contributed by atoms with Crippen molar-refractivity contribution in [1.82, 2.24) is 19.3 Å². The van der Waals surface area contributed by atoms with Gasteiger partial charge in [-0.2, -0.15) is 9.29 Å². The van der Waals surface area contributed by atoms with Crippen LogP contribution in [0.1, 0.15) is 10.6 Å². The van der Waals surface area contributed by atoms with E-state index in [1.54, 1.807) is 35.2 Å². The van der Waals surface area contributed by atoms with Gasteiger partial charge in [0.15, 0.2) is 5.76 Å². The van der Waals surface area contributed by atoms with Crippen molar-refractivity contribution in [3.05, 3.63) is 78.8 Å². The summed E-state index contributed by atoms with van der Waals surface area (Å²) >= 11 is 0. The molecule has 1 amide bonds. The fourth-order valence-electron chi connectivity index (χ4n) is 3.73. The molecule has 5 rings (SSSR count). The quantitative estimate of drug-likeness (QED) is 0.446. The van der Waals surface area contributed by atoms with Crippen molar-refractivity contribution in [2.75, 3.05) is 26.2 Å². The Morgan fingerprint density at radius 1 is 0.879 bits per heavy atom. The second kappa shape index (κ2) is 8.64. The van der Waals surface area contributed by atoms with Gasteiger partial charge in [0.05, 0.1) is 16.7 Å². The summed E-state index contributed by atoms with van der Waals surface area (Å²) in [6.45, 7) is 0.865. The molecule has 0 unspecified atom stereocenters. The summed E-state index contributed by atoms with van der Waals surface area (Å²) in [5.41, 5.74) is 1.10. The Morgan fingerprint density at radius 2 is 1.61 bits per heavy atom. The summed E-state index contributed by atoms with van der Waals surface area (Å²) in [5, 5.41) is 4.00. The Kier molecular flexibility index (Phi) is 5.53. The van der Waals surface area contributed by atoms with Gasteiger partial charge in [0.2, 0.25) is 15.8 Å². The fraction of sp³-hybridized carbons (Fsp3) is 0.174. The largest absolute Gasteiger partial charge is 0.459 e. The zero-order valence-corrected chi connectivity index (χ0v) is 18.3. The summed E-state index contributed by atoms with van der Waals surface area (Å²) in [5.74, 6) is 0.488. The van der Waals surface area contributed by atoms with E-state index in [-0.39, 0.29) is 48.6 Å². The van der Waals surface area contributed by atoms with Crippen molar-refractivity contribution in [3.63, 3.8) is 0 Å². The molecule has 10 heteroatoms. The maximum atomic E-state index is 13.5. The van der Waals surface area contributed by atoms with Crippen molar-refractivity contribution in [2.24, 2.45) is 0 Å². The predicted octanol–water partition coefficient (Wildman–Crippen LogP) is 3.14. The van der Waals surface area contributed by atoms with Gasteiger partial charge < -0.3 is 13.8 Å². The summed E-state index contributed by atoms with van der Waals surface area (Å²) in [7, 11) is -3.85. The molecule has 33 heavy (non-hydrogen) atoms. The smallest absolute Gasteiger partial charge is 0.289 e. The standard InChI is InChI=1S/C23H20N4O5S/c28-23(19-10-6-16-31-19)26-12-14-27(15-13-26)33(29,30)20-11-5-4-9-18(20)22-24-21(25-32-22)17-7-2-1-3-8-17/h1-11,16H,12-15H2. The molecule has 0 bridgehead atoms. The number of benzene rings is 2. The van der Waals surface area contributed by atoms with E-state index in [2.05, 4.69) is 10.1 Å². The SMILES string of the molecule is O=C(c1ccco1)N1CCN(S(=O)(=O)c2ccccc2-c2nc(-c3ccccc3)no2)CC1. The minimum Gasteiger partial charge on any atom is -0.459 e. The number of carbonyl (C=O) groups excluding carboxylic acids is 1. The normalized spacial score (nSPS) is 15.0. The summed E-state index contributed by atoms with van der Waals surface area (Å²) in [6, 6.07) is 19.1. The average Bonchev–Trinajstić information content (AvgIpc) is 3.57. The summed E-state index contributed by atoms with van der Waals surface area (Å²) < 4.78 is 38.9. The summed E-state index contributed by atoms with van der Waals surface area (Å²) in [6.07, 6.45) is 1.44. The lowest BCUT2D eigenvalue weighted by Gasteiger charge is -2.33. The average molecular weight is 465 g/mol. The van der Waals surface area contributed by atoms with Gasteiger partial charge in [-0.1, -0.05) is 47.6 Å². The lowest BCUT2D eigenvalue weighted by atomic mass is 10.2. The maximum absolute atomic E-state index is 13.5. The molecule has 168 valence electrons. The van der Waals surface area contributed by atoms with Crippen LogP contribution >= 0.6 is 0 Å². The molecule has 4 aromatic rings. The van der Waals surface area contributed by atoms with Crippen molar-refractivity contribution in [3.8, 4) is 22.8 Å². The van der Waals surface area contributed by atoms with Gasteiger partial charge >= 0.3 is 0 Å². The molecule has 0 radical (unpaired) electrons. The monoisotopic (exact) mass is 464 g/mol. The van der Waals surface area contributed by atoms with Gasteiger partial charge in [-0.3, -0.25) is 4.79 Å². The van der Waals surface area contributed by atoms with Crippen LogP contribution in [0.5, 0.6) is 0 Å². The Bertz CT molecular complexity index is 1360. The highest BCUT2D eigenvalue weighted by molar-refractivity contribution is 7.89. The van der Waals surface area contributed by atoms with E-state index < -0.39 is 10.0 Å². The molecule has 0 spiro atoms. The number of carbonyl (C=O) groups is 1. The van der Waals surface area contributed by atoms with Crippen LogP contribution < -0.4 is 0 Å². The Morgan fingerprint density at radius 3 is 2.33 bits per heavy atom. The van der Waals surface area contributed by atoms with Crippen molar-refractivity contribution in [1.29, 1.82) is 0 Å². The van der Waals surface area contributed by atoms with Crippen LogP contribution in [0.4, 0.5) is 0 Å². The number of hydrogen-bond donors (Lipinski definition) is 0. The number of piperazine rings is 1. The zero-order valence-electron chi connectivity index (χ0n) is 17.5. The third-order valence-corrected chi connectivity index (χ3v) is 7.41. The van der Waals surface area contributed by atoms with Gasteiger partial charge in [0.1, 0.15) is 0 Å². The second-order valence-electron chi connectivity index (χ2n) is 7.46. The van der Waals surface area contributed by atoms with Crippen LogP contribution in [0.25, 0.3) is 22.8 Å². The fourth-order valence-corrected chi connectivity index (χ4v) is 5.34. The molecule has 2 aromatic heterocycles. The molecular weight excluding hydrogens is 444 g/mol. The predicted molar refractivity (Wildman–Crippen MR) is 119 cm³/mol. The van der Waals surface area contributed by atoms with Gasteiger partial charge in [-0.25, -0.2) is 8.42 Å². The van der Waals surface area contributed by atoms with Crippen LogP contribution in [0.3, 0.4) is 0 Å². The highest BCUT2D eigenvalue weighted by Gasteiger charge is 2.33. The van der Waals surface area contributed by atoms with Crippen LogP contribution in [-0.4, -0.2) is 59.8 Å². The Hall–Kier alpha value is -3.76. The minimum absolute atomic E-state index is 0.0825. The molecule has 1 aliphatic heterocycles. The van der Waals surface area contributed by atoms with Crippen LogP contribution in [0.2, 0.25) is 0 Å². The number of sulfonamides is 1. The van der Waals surface area contributed by atoms with E-state index in [9.17, 15) is 13.2 Å². The molecule has 0 saturated carbocycles. The number of nitrogens with zero attached hydrogens (tertiary/aromatic N) is 4. The number of hydrogen-bond acceptors (Lipinski definition) is 7. The van der Waals surface area contributed by atoms with E-state index in [0.29, 0.717) is 11.4 Å². The van der Waals surface area contributed by atoms with E-state index in [1.165, 1.54) is 16.6 Å². The highest BCUT2D eigenvalue weighted by Crippen LogP contribution is 2.30. The molecule has 9 nitrogen and oxygen atoms in total. The Labute approximate surface area is 190 Å². The minimum atomic E-state index is -3.85. The zero-order chi connectivity index (χ0) is 22.8. The molecule has 1 fully saturated rings. The number of amides is 1. The molecular formula is C23H20N4O5S. The van der Waals surface area contributed by atoms with E-state index in [0.717, 1.165) is 5.56 Å². The van der Waals surface area contributed by atoms with Gasteiger partial charge in [0.25, 0.3) is 11.8 Å². The molecule has 1 aliphatic rings. The van der Waals surface area contributed by atoms with Gasteiger partial charge in [0, 0.05) is 31.7 Å². The van der Waals surface area contributed by atoms with Crippen LogP contribution in [0, 0.1) is 0 Å². The maximum Gasteiger partial charge on any atom is 0.289 e. The number of aromatic nitrogens is 2. The molecule has 0 aliphatic carbocycles. The van der Waals surface area contributed by atoms with E-state index in [4.69, 9.17) is 8.94 Å². The first kappa shape index (κ1) is 21.1. The summed E-state index contributed by atoms with van der Waals surface area (Å²) in [4.78, 5) is 18.6. The van der Waals surface area contributed by atoms with E-state index >= 15 is 0 Å². The molecule has 0 N–H and O–H groups in total. The topological polar surface area (TPSA) is 110 Å². The molecule has 1 saturated heterocycles. The number of rotatable bonds is 5. The third-order valence-electron chi connectivity index (χ3n) is 5.45. The second-order valence-corrected chi connectivity index (χ2v) is 9.37. The van der Waals surface area contributed by atoms with Crippen LogP contribution in [0.15, 0.2) is 86.8 Å². The third kappa shape index (κ3) is 4.06. The van der Waals surface area contributed by atoms with Gasteiger partial charge in [-0.05, 0) is 24.3 Å². The molecule has 0 atom stereocenters. The van der Waals surface area contributed by atoms with Crippen molar-refractivity contribution >= 4 is 15.9 Å². The lowest BCUT2D eigenvalue weighted by molar-refractivity contribution is 0.0666. The lowest BCUT2D eigenvalue weighted by Crippen LogP contribution is -2.50. The molecule has 3 heterocycles. The van der Waals surface area contributed by atoms with Crippen LogP contribution in [-0.2, 0) is 10.0 Å². The first-order chi connectivity index (χ1) is 16.0. The molecule has 2 aromatic carbocycles. The first-order valence-electron chi connectivity index (χ1n) is 10.4. The first-order valence-corrected chi connectivity index (χ1v) is 11.8. The number of furan rings is 1. The Balaban J connectivity index is 1.38. The van der Waals surface area contributed by atoms with Crippen molar-refractivity contribution < 1.29 is 22.2 Å². The highest BCUT2D eigenvalue weighted by atomic mass is 32.2. The van der Waals surface area contributed by atoms with Gasteiger partial charge in [-0.15, -0.1) is 0 Å².